The number of aryl methyl sites for hydroxylation is 1. The van der Waals surface area contributed by atoms with Gasteiger partial charge in [0.1, 0.15) is 33.7 Å². The van der Waals surface area contributed by atoms with Crippen molar-refractivity contribution in [2.24, 2.45) is 0 Å². The van der Waals surface area contributed by atoms with Crippen LogP contribution in [0.4, 0.5) is 8.78 Å². The standard InChI is InChI=1S/C13H11BrF2O2/c1-7-3-4-11(18-7)13(14)12-9(15)5-8(17-2)6-10(12)16/h3-6,13H,1-2H3. The molecule has 0 bridgehead atoms. The molecule has 1 aromatic carbocycles. The molecule has 96 valence electrons. The van der Waals surface area contributed by atoms with Crippen molar-refractivity contribution in [3.05, 3.63) is 53.0 Å². The summed E-state index contributed by atoms with van der Waals surface area (Å²) >= 11 is 3.24. The fourth-order valence-electron chi connectivity index (χ4n) is 1.65. The first-order valence-corrected chi connectivity index (χ1v) is 6.18. The third-order valence-corrected chi connectivity index (χ3v) is 3.46. The van der Waals surface area contributed by atoms with Crippen molar-refractivity contribution in [1.82, 2.24) is 0 Å². The Hall–Kier alpha value is -1.36. The zero-order valence-corrected chi connectivity index (χ0v) is 11.4. The SMILES string of the molecule is COc1cc(F)c(C(Br)c2ccc(C)o2)c(F)c1. The predicted octanol–water partition coefficient (Wildman–Crippen LogP) is 4.36. The van der Waals surface area contributed by atoms with Crippen LogP contribution >= 0.6 is 15.9 Å². The van der Waals surface area contributed by atoms with E-state index in [1.807, 2.05) is 0 Å². The van der Waals surface area contributed by atoms with Crippen molar-refractivity contribution >= 4 is 15.9 Å². The minimum atomic E-state index is -0.678. The van der Waals surface area contributed by atoms with E-state index < -0.39 is 16.5 Å². The van der Waals surface area contributed by atoms with Crippen LogP contribution < -0.4 is 4.74 Å². The molecule has 0 spiro atoms. The van der Waals surface area contributed by atoms with E-state index in [-0.39, 0.29) is 11.3 Å². The molecule has 0 fully saturated rings. The number of alkyl halides is 1. The van der Waals surface area contributed by atoms with Gasteiger partial charge in [0.05, 0.1) is 7.11 Å². The Labute approximate surface area is 112 Å². The van der Waals surface area contributed by atoms with Gasteiger partial charge in [0.15, 0.2) is 0 Å². The number of benzene rings is 1. The Morgan fingerprint density at radius 2 is 1.83 bits per heavy atom. The Kier molecular flexibility index (Phi) is 3.71. The van der Waals surface area contributed by atoms with Crippen LogP contribution in [0, 0.1) is 18.6 Å². The van der Waals surface area contributed by atoms with E-state index in [0.717, 1.165) is 12.1 Å². The second kappa shape index (κ2) is 5.10. The van der Waals surface area contributed by atoms with Crippen molar-refractivity contribution in [2.75, 3.05) is 7.11 Å². The van der Waals surface area contributed by atoms with E-state index in [9.17, 15) is 8.78 Å². The van der Waals surface area contributed by atoms with Gasteiger partial charge in [0.25, 0.3) is 0 Å². The first-order chi connectivity index (χ1) is 8.52. The molecule has 5 heteroatoms. The van der Waals surface area contributed by atoms with Crippen LogP contribution in [0.5, 0.6) is 5.75 Å². The van der Waals surface area contributed by atoms with Crippen molar-refractivity contribution in [3.8, 4) is 5.75 Å². The van der Waals surface area contributed by atoms with Gasteiger partial charge < -0.3 is 9.15 Å². The van der Waals surface area contributed by atoms with Crippen molar-refractivity contribution in [3.63, 3.8) is 0 Å². The highest BCUT2D eigenvalue weighted by atomic mass is 79.9. The van der Waals surface area contributed by atoms with Gasteiger partial charge in [-0.1, -0.05) is 15.9 Å². The molecule has 0 N–H and O–H groups in total. The second-order valence-electron chi connectivity index (χ2n) is 3.82. The maximum Gasteiger partial charge on any atom is 0.134 e. The largest absolute Gasteiger partial charge is 0.497 e. The molecule has 2 rings (SSSR count). The lowest BCUT2D eigenvalue weighted by Gasteiger charge is -2.11. The molecule has 0 radical (unpaired) electrons. The summed E-state index contributed by atoms with van der Waals surface area (Å²) in [6.07, 6.45) is 0. The first kappa shape index (κ1) is 13.1. The van der Waals surface area contributed by atoms with E-state index in [4.69, 9.17) is 9.15 Å². The number of methoxy groups -OCH3 is 1. The summed E-state index contributed by atoms with van der Waals surface area (Å²) in [5.41, 5.74) is -0.0925. The minimum Gasteiger partial charge on any atom is -0.497 e. The summed E-state index contributed by atoms with van der Waals surface area (Å²) in [4.78, 5) is -0.669. The van der Waals surface area contributed by atoms with Crippen LogP contribution in [0.15, 0.2) is 28.7 Å². The zero-order valence-electron chi connectivity index (χ0n) is 9.84. The molecule has 2 nitrogen and oxygen atoms in total. The summed E-state index contributed by atoms with van der Waals surface area (Å²) in [5, 5.41) is 0. The van der Waals surface area contributed by atoms with Gasteiger partial charge in [0.2, 0.25) is 0 Å². The Morgan fingerprint density at radius 1 is 1.22 bits per heavy atom. The molecule has 2 aromatic rings. The van der Waals surface area contributed by atoms with Crippen molar-refractivity contribution in [1.29, 1.82) is 0 Å². The molecule has 0 aliphatic heterocycles. The average Bonchev–Trinajstić information content (AvgIpc) is 2.74. The van der Waals surface area contributed by atoms with Gasteiger partial charge in [-0.3, -0.25) is 0 Å². The number of rotatable bonds is 3. The van der Waals surface area contributed by atoms with Crippen LogP contribution in [-0.4, -0.2) is 7.11 Å². The number of ether oxygens (including phenoxy) is 1. The van der Waals surface area contributed by atoms with Gasteiger partial charge in [-0.05, 0) is 19.1 Å². The van der Waals surface area contributed by atoms with Gasteiger partial charge in [-0.15, -0.1) is 0 Å². The maximum absolute atomic E-state index is 13.8. The third kappa shape index (κ3) is 2.41. The first-order valence-electron chi connectivity index (χ1n) is 5.26. The summed E-state index contributed by atoms with van der Waals surface area (Å²) < 4.78 is 37.9. The molecule has 0 saturated heterocycles. The lowest BCUT2D eigenvalue weighted by Crippen LogP contribution is -2.01. The minimum absolute atomic E-state index is 0.0925. The van der Waals surface area contributed by atoms with Crippen molar-refractivity contribution < 1.29 is 17.9 Å². The molecule has 1 atom stereocenters. The molecule has 0 saturated carbocycles. The highest BCUT2D eigenvalue weighted by molar-refractivity contribution is 9.09. The van der Waals surface area contributed by atoms with Gasteiger partial charge in [-0.25, -0.2) is 8.78 Å². The van der Waals surface area contributed by atoms with Gasteiger partial charge in [0, 0.05) is 17.7 Å². The Morgan fingerprint density at radius 3 is 2.28 bits per heavy atom. The number of halogens is 3. The Balaban J connectivity index is 2.44. The van der Waals surface area contributed by atoms with Crippen LogP contribution in [0.3, 0.4) is 0 Å². The van der Waals surface area contributed by atoms with E-state index in [2.05, 4.69) is 15.9 Å². The smallest absolute Gasteiger partial charge is 0.134 e. The summed E-state index contributed by atoms with van der Waals surface area (Å²) in [5.74, 6) is -0.0751. The molecule has 1 aromatic heterocycles. The predicted molar refractivity (Wildman–Crippen MR) is 67.1 cm³/mol. The molecule has 1 heterocycles. The molecular formula is C13H11BrF2O2. The van der Waals surface area contributed by atoms with E-state index in [1.54, 1.807) is 19.1 Å². The van der Waals surface area contributed by atoms with Crippen molar-refractivity contribution in [2.45, 2.75) is 11.8 Å². The number of hydrogen-bond acceptors (Lipinski definition) is 2. The molecule has 0 aliphatic carbocycles. The summed E-state index contributed by atoms with van der Waals surface area (Å²) in [6, 6.07) is 5.70. The van der Waals surface area contributed by atoms with E-state index >= 15 is 0 Å². The Bertz CT molecular complexity index is 543. The van der Waals surface area contributed by atoms with Crippen LogP contribution in [0.2, 0.25) is 0 Å². The van der Waals surface area contributed by atoms with Gasteiger partial charge >= 0.3 is 0 Å². The van der Waals surface area contributed by atoms with Crippen LogP contribution in [0.1, 0.15) is 21.9 Å². The second-order valence-corrected chi connectivity index (χ2v) is 4.73. The van der Waals surface area contributed by atoms with E-state index in [1.165, 1.54) is 7.11 Å². The molecule has 1 unspecified atom stereocenters. The molecule has 18 heavy (non-hydrogen) atoms. The average molecular weight is 317 g/mol. The fourth-order valence-corrected chi connectivity index (χ4v) is 2.34. The third-order valence-electron chi connectivity index (χ3n) is 2.55. The number of hydrogen-bond donors (Lipinski definition) is 0. The van der Waals surface area contributed by atoms with Crippen LogP contribution in [-0.2, 0) is 0 Å². The van der Waals surface area contributed by atoms with Gasteiger partial charge in [-0.2, -0.15) is 0 Å². The quantitative estimate of drug-likeness (QED) is 0.785. The highest BCUT2D eigenvalue weighted by Crippen LogP contribution is 2.36. The topological polar surface area (TPSA) is 22.4 Å². The maximum atomic E-state index is 13.8. The molecule has 0 aliphatic rings. The normalized spacial score (nSPS) is 12.5. The fraction of sp³-hybridized carbons (Fsp3) is 0.231. The van der Waals surface area contributed by atoms with E-state index in [0.29, 0.717) is 11.5 Å². The monoisotopic (exact) mass is 316 g/mol. The lowest BCUT2D eigenvalue weighted by molar-refractivity contribution is 0.404. The highest BCUT2D eigenvalue weighted by Gasteiger charge is 2.23. The molecule has 0 amide bonds. The van der Waals surface area contributed by atoms with Crippen LogP contribution in [0.25, 0.3) is 0 Å². The lowest BCUT2D eigenvalue weighted by atomic mass is 10.1. The summed E-state index contributed by atoms with van der Waals surface area (Å²) in [6.45, 7) is 1.77. The zero-order chi connectivity index (χ0) is 13.3. The number of furan rings is 1. The summed E-state index contributed by atoms with van der Waals surface area (Å²) in [7, 11) is 1.36. The molecular weight excluding hydrogens is 306 g/mol.